The second-order valence-corrected chi connectivity index (χ2v) is 5.63. The highest BCUT2D eigenvalue weighted by Gasteiger charge is 2.06. The Labute approximate surface area is 142 Å². The molecule has 0 bridgehead atoms. The SMILES string of the molecule is CC(C)c1ccccc1OCCOc1cccc(C=CC(=O)O)c1. The Bertz CT molecular complexity index is 704. The highest BCUT2D eigenvalue weighted by Crippen LogP contribution is 2.25. The van der Waals surface area contributed by atoms with Crippen molar-refractivity contribution < 1.29 is 19.4 Å². The summed E-state index contributed by atoms with van der Waals surface area (Å²) in [4.78, 5) is 10.5. The molecule has 2 aromatic carbocycles. The smallest absolute Gasteiger partial charge is 0.328 e. The van der Waals surface area contributed by atoms with E-state index in [4.69, 9.17) is 14.6 Å². The van der Waals surface area contributed by atoms with Crippen molar-refractivity contribution in [3.05, 3.63) is 65.7 Å². The summed E-state index contributed by atoms with van der Waals surface area (Å²) in [6.07, 6.45) is 2.63. The molecule has 0 unspecified atom stereocenters. The lowest BCUT2D eigenvalue weighted by molar-refractivity contribution is -0.131. The van der Waals surface area contributed by atoms with E-state index in [0.717, 1.165) is 17.4 Å². The molecule has 0 saturated carbocycles. The van der Waals surface area contributed by atoms with Gasteiger partial charge < -0.3 is 14.6 Å². The van der Waals surface area contributed by atoms with Crippen LogP contribution in [0, 0.1) is 0 Å². The van der Waals surface area contributed by atoms with Crippen LogP contribution in [0.3, 0.4) is 0 Å². The zero-order valence-electron chi connectivity index (χ0n) is 13.9. The molecule has 1 N–H and O–H groups in total. The number of benzene rings is 2. The average Bonchev–Trinajstić information content (AvgIpc) is 2.57. The lowest BCUT2D eigenvalue weighted by Gasteiger charge is -2.14. The third kappa shape index (κ3) is 5.47. The molecular weight excluding hydrogens is 304 g/mol. The van der Waals surface area contributed by atoms with E-state index in [1.54, 1.807) is 6.07 Å². The first-order valence-electron chi connectivity index (χ1n) is 7.92. The molecule has 2 rings (SSSR count). The number of carboxylic acid groups (broad SMARTS) is 1. The lowest BCUT2D eigenvalue weighted by Crippen LogP contribution is -2.10. The van der Waals surface area contributed by atoms with Gasteiger partial charge in [-0.3, -0.25) is 0 Å². The predicted octanol–water partition coefficient (Wildman–Crippen LogP) is 4.37. The number of hydrogen-bond acceptors (Lipinski definition) is 3. The van der Waals surface area contributed by atoms with Crippen LogP contribution in [0.1, 0.15) is 30.9 Å². The molecule has 24 heavy (non-hydrogen) atoms. The van der Waals surface area contributed by atoms with Gasteiger partial charge in [-0.2, -0.15) is 0 Å². The van der Waals surface area contributed by atoms with Gasteiger partial charge in [-0.05, 0) is 41.3 Å². The second kappa shape index (κ2) is 8.77. The number of rotatable bonds is 8. The van der Waals surface area contributed by atoms with Gasteiger partial charge in [0.2, 0.25) is 0 Å². The number of para-hydroxylation sites is 1. The molecule has 0 heterocycles. The summed E-state index contributed by atoms with van der Waals surface area (Å²) >= 11 is 0. The van der Waals surface area contributed by atoms with Crippen LogP contribution >= 0.6 is 0 Å². The molecule has 0 aliphatic carbocycles. The number of carbonyl (C=O) groups is 1. The Morgan fingerprint density at radius 1 is 1.08 bits per heavy atom. The van der Waals surface area contributed by atoms with Gasteiger partial charge in [-0.15, -0.1) is 0 Å². The van der Waals surface area contributed by atoms with Gasteiger partial charge in [0.15, 0.2) is 0 Å². The van der Waals surface area contributed by atoms with Crippen LogP contribution in [0.25, 0.3) is 6.08 Å². The molecule has 0 aromatic heterocycles. The Balaban J connectivity index is 1.87. The topological polar surface area (TPSA) is 55.8 Å². The van der Waals surface area contributed by atoms with Crippen LogP contribution in [0.2, 0.25) is 0 Å². The molecule has 0 spiro atoms. The first-order valence-corrected chi connectivity index (χ1v) is 7.92. The van der Waals surface area contributed by atoms with Crippen LogP contribution in [-0.2, 0) is 4.79 Å². The molecule has 0 fully saturated rings. The van der Waals surface area contributed by atoms with E-state index in [1.165, 1.54) is 11.6 Å². The minimum Gasteiger partial charge on any atom is -0.490 e. The minimum atomic E-state index is -0.974. The summed E-state index contributed by atoms with van der Waals surface area (Å²) in [5.41, 5.74) is 1.96. The first-order chi connectivity index (χ1) is 11.6. The fourth-order valence-corrected chi connectivity index (χ4v) is 2.28. The summed E-state index contributed by atoms with van der Waals surface area (Å²) in [6, 6.07) is 15.3. The van der Waals surface area contributed by atoms with E-state index in [-0.39, 0.29) is 0 Å². The van der Waals surface area contributed by atoms with Crippen molar-refractivity contribution >= 4 is 12.0 Å². The molecule has 0 saturated heterocycles. The largest absolute Gasteiger partial charge is 0.490 e. The van der Waals surface area contributed by atoms with Gasteiger partial charge in [0.1, 0.15) is 24.7 Å². The molecular formula is C20H22O4. The van der Waals surface area contributed by atoms with Gasteiger partial charge >= 0.3 is 5.97 Å². The maximum atomic E-state index is 10.5. The van der Waals surface area contributed by atoms with Crippen molar-refractivity contribution in [2.45, 2.75) is 19.8 Å². The second-order valence-electron chi connectivity index (χ2n) is 5.63. The third-order valence-corrected chi connectivity index (χ3v) is 3.43. The van der Waals surface area contributed by atoms with Crippen molar-refractivity contribution in [3.8, 4) is 11.5 Å². The molecule has 126 valence electrons. The van der Waals surface area contributed by atoms with E-state index in [1.807, 2.05) is 36.4 Å². The minimum absolute atomic E-state index is 0.403. The van der Waals surface area contributed by atoms with Gasteiger partial charge in [0.25, 0.3) is 0 Å². The average molecular weight is 326 g/mol. The van der Waals surface area contributed by atoms with Gasteiger partial charge in [-0.25, -0.2) is 4.79 Å². The number of ether oxygens (including phenoxy) is 2. The number of carboxylic acids is 1. The van der Waals surface area contributed by atoms with Crippen LogP contribution in [0.15, 0.2) is 54.6 Å². The highest BCUT2D eigenvalue weighted by atomic mass is 16.5. The molecule has 4 heteroatoms. The molecule has 0 aliphatic rings. The molecule has 0 amide bonds. The predicted molar refractivity (Wildman–Crippen MR) is 94.6 cm³/mol. The Morgan fingerprint density at radius 3 is 2.58 bits per heavy atom. The third-order valence-electron chi connectivity index (χ3n) is 3.43. The fourth-order valence-electron chi connectivity index (χ4n) is 2.28. The fraction of sp³-hybridized carbons (Fsp3) is 0.250. The summed E-state index contributed by atoms with van der Waals surface area (Å²) in [5, 5.41) is 8.65. The first kappa shape index (κ1) is 17.6. The van der Waals surface area contributed by atoms with Crippen LogP contribution in [0.5, 0.6) is 11.5 Å². The van der Waals surface area contributed by atoms with E-state index in [2.05, 4.69) is 19.9 Å². The van der Waals surface area contributed by atoms with Crippen LogP contribution in [-0.4, -0.2) is 24.3 Å². The lowest BCUT2D eigenvalue weighted by atomic mass is 10.0. The summed E-state index contributed by atoms with van der Waals surface area (Å²) in [6.45, 7) is 5.13. The van der Waals surface area contributed by atoms with E-state index in [0.29, 0.717) is 24.9 Å². The maximum Gasteiger partial charge on any atom is 0.328 e. The highest BCUT2D eigenvalue weighted by molar-refractivity contribution is 5.85. The van der Waals surface area contributed by atoms with Crippen LogP contribution < -0.4 is 9.47 Å². The summed E-state index contributed by atoms with van der Waals surface area (Å²) < 4.78 is 11.5. The Hall–Kier alpha value is -2.75. The monoisotopic (exact) mass is 326 g/mol. The summed E-state index contributed by atoms with van der Waals surface area (Å²) in [5.74, 6) is 0.996. The number of aliphatic carboxylic acids is 1. The Morgan fingerprint density at radius 2 is 1.83 bits per heavy atom. The van der Waals surface area contributed by atoms with Gasteiger partial charge in [-0.1, -0.05) is 44.2 Å². The van der Waals surface area contributed by atoms with Gasteiger partial charge in [0.05, 0.1) is 0 Å². The van der Waals surface area contributed by atoms with Gasteiger partial charge in [0, 0.05) is 6.08 Å². The van der Waals surface area contributed by atoms with Crippen molar-refractivity contribution in [1.82, 2.24) is 0 Å². The molecule has 2 aromatic rings. The quantitative estimate of drug-likeness (QED) is 0.578. The van der Waals surface area contributed by atoms with E-state index >= 15 is 0 Å². The molecule has 4 nitrogen and oxygen atoms in total. The van der Waals surface area contributed by atoms with Crippen molar-refractivity contribution in [3.63, 3.8) is 0 Å². The van der Waals surface area contributed by atoms with E-state index in [9.17, 15) is 4.79 Å². The van der Waals surface area contributed by atoms with Crippen molar-refractivity contribution in [2.24, 2.45) is 0 Å². The standard InChI is InChI=1S/C20H22O4/c1-15(2)18-8-3-4-9-19(18)24-13-12-23-17-7-5-6-16(14-17)10-11-20(21)22/h3-11,14-15H,12-13H2,1-2H3,(H,21,22). The Kier molecular flexibility index (Phi) is 6.43. The zero-order valence-corrected chi connectivity index (χ0v) is 13.9. The van der Waals surface area contributed by atoms with Crippen molar-refractivity contribution in [1.29, 1.82) is 0 Å². The molecule has 0 aliphatic heterocycles. The maximum absolute atomic E-state index is 10.5. The normalized spacial score (nSPS) is 11.0. The number of hydrogen-bond donors (Lipinski definition) is 1. The van der Waals surface area contributed by atoms with Crippen LogP contribution in [0.4, 0.5) is 0 Å². The molecule has 0 radical (unpaired) electrons. The van der Waals surface area contributed by atoms with Crippen molar-refractivity contribution in [2.75, 3.05) is 13.2 Å². The molecule has 0 atom stereocenters. The van der Waals surface area contributed by atoms with E-state index < -0.39 is 5.97 Å². The summed E-state index contributed by atoms with van der Waals surface area (Å²) in [7, 11) is 0. The zero-order chi connectivity index (χ0) is 17.4.